The first-order valence-electron chi connectivity index (χ1n) is 6.39. The maximum Gasteiger partial charge on any atom is 0.302 e. The standard InChI is InChI=1S/C14H20NO3P/c1-9(16)18-14-12(15-8-13(14)19)7-10-3-5-11(17-2)6-4-10/h3-6,12-15H,7-8,19H2,1-2H3. The Labute approximate surface area is 116 Å². The van der Waals surface area contributed by atoms with Crippen LogP contribution in [0.15, 0.2) is 24.3 Å². The maximum atomic E-state index is 11.2. The summed E-state index contributed by atoms with van der Waals surface area (Å²) in [6.45, 7) is 2.31. The number of nitrogens with one attached hydrogen (secondary N) is 1. The zero-order chi connectivity index (χ0) is 13.8. The van der Waals surface area contributed by atoms with Crippen molar-refractivity contribution >= 4 is 15.2 Å². The Hall–Kier alpha value is -1.12. The van der Waals surface area contributed by atoms with Crippen LogP contribution in [0.2, 0.25) is 0 Å². The van der Waals surface area contributed by atoms with E-state index in [9.17, 15) is 4.79 Å². The van der Waals surface area contributed by atoms with E-state index in [0.29, 0.717) is 0 Å². The predicted molar refractivity (Wildman–Crippen MR) is 77.5 cm³/mol. The number of esters is 1. The number of hydrogen-bond donors (Lipinski definition) is 1. The van der Waals surface area contributed by atoms with Gasteiger partial charge in [0.1, 0.15) is 11.9 Å². The van der Waals surface area contributed by atoms with Gasteiger partial charge in [-0.2, -0.15) is 0 Å². The van der Waals surface area contributed by atoms with Crippen molar-refractivity contribution < 1.29 is 14.3 Å². The van der Waals surface area contributed by atoms with Crippen LogP contribution in [0.1, 0.15) is 12.5 Å². The van der Waals surface area contributed by atoms with Crippen LogP contribution in [-0.4, -0.2) is 37.4 Å². The van der Waals surface area contributed by atoms with Gasteiger partial charge in [-0.05, 0) is 24.1 Å². The van der Waals surface area contributed by atoms with Gasteiger partial charge < -0.3 is 14.8 Å². The highest BCUT2D eigenvalue weighted by atomic mass is 31.0. The molecule has 0 amide bonds. The fourth-order valence-corrected chi connectivity index (χ4v) is 2.87. The molecule has 2 rings (SSSR count). The van der Waals surface area contributed by atoms with Gasteiger partial charge in [-0.1, -0.05) is 12.1 Å². The lowest BCUT2D eigenvalue weighted by molar-refractivity contribution is -0.146. The van der Waals surface area contributed by atoms with Crippen molar-refractivity contribution in [2.24, 2.45) is 0 Å². The molecule has 1 aliphatic heterocycles. The fourth-order valence-electron chi connectivity index (χ4n) is 2.38. The number of ether oxygens (including phenoxy) is 2. The number of benzene rings is 1. The molecule has 0 aliphatic carbocycles. The van der Waals surface area contributed by atoms with Gasteiger partial charge in [-0.15, -0.1) is 9.24 Å². The third-order valence-corrected chi connectivity index (χ3v) is 3.97. The van der Waals surface area contributed by atoms with Crippen LogP contribution in [0.5, 0.6) is 5.75 Å². The SMILES string of the molecule is COc1ccc(CC2NCC(P)C2OC(C)=O)cc1. The molecule has 19 heavy (non-hydrogen) atoms. The summed E-state index contributed by atoms with van der Waals surface area (Å²) in [6.07, 6.45) is 0.761. The summed E-state index contributed by atoms with van der Waals surface area (Å²) in [5.41, 5.74) is 1.47. The molecule has 0 aromatic heterocycles. The molecule has 1 N–H and O–H groups in total. The lowest BCUT2D eigenvalue weighted by Gasteiger charge is -2.22. The van der Waals surface area contributed by atoms with Crippen molar-refractivity contribution in [3.05, 3.63) is 29.8 Å². The molecule has 0 saturated carbocycles. The first-order valence-corrected chi connectivity index (χ1v) is 7.06. The second kappa shape index (κ2) is 6.36. The fraction of sp³-hybridized carbons (Fsp3) is 0.500. The minimum absolute atomic E-state index is 0.0791. The number of methoxy groups -OCH3 is 1. The van der Waals surface area contributed by atoms with Gasteiger partial charge in [0.05, 0.1) is 7.11 Å². The monoisotopic (exact) mass is 281 g/mol. The summed E-state index contributed by atoms with van der Waals surface area (Å²) in [6, 6.07) is 8.15. The first-order chi connectivity index (χ1) is 9.10. The number of carbonyl (C=O) groups excluding carboxylic acids is 1. The van der Waals surface area contributed by atoms with Crippen molar-refractivity contribution in [2.45, 2.75) is 31.1 Å². The highest BCUT2D eigenvalue weighted by molar-refractivity contribution is 7.17. The number of carbonyl (C=O) groups is 1. The van der Waals surface area contributed by atoms with Gasteiger partial charge in [0.25, 0.3) is 0 Å². The van der Waals surface area contributed by atoms with E-state index in [1.165, 1.54) is 12.5 Å². The summed E-state index contributed by atoms with van der Waals surface area (Å²) in [7, 11) is 4.40. The summed E-state index contributed by atoms with van der Waals surface area (Å²) >= 11 is 0. The molecule has 1 fully saturated rings. The van der Waals surface area contributed by atoms with E-state index in [4.69, 9.17) is 9.47 Å². The van der Waals surface area contributed by atoms with E-state index in [2.05, 4.69) is 14.6 Å². The van der Waals surface area contributed by atoms with E-state index in [1.54, 1.807) is 7.11 Å². The second-order valence-electron chi connectivity index (χ2n) is 4.80. The van der Waals surface area contributed by atoms with Crippen molar-refractivity contribution in [2.75, 3.05) is 13.7 Å². The first kappa shape index (κ1) is 14.3. The number of hydrogen-bond acceptors (Lipinski definition) is 4. The largest absolute Gasteiger partial charge is 0.497 e. The molecule has 0 spiro atoms. The van der Waals surface area contributed by atoms with Crippen molar-refractivity contribution in [1.29, 1.82) is 0 Å². The molecule has 4 nitrogen and oxygen atoms in total. The van der Waals surface area contributed by atoms with Gasteiger partial charge in [0, 0.05) is 25.2 Å². The summed E-state index contributed by atoms with van der Waals surface area (Å²) in [4.78, 5) is 11.2. The summed E-state index contributed by atoms with van der Waals surface area (Å²) in [5.74, 6) is 0.629. The van der Waals surface area contributed by atoms with Crippen molar-refractivity contribution in [3.63, 3.8) is 0 Å². The molecular formula is C14H20NO3P. The Bertz CT molecular complexity index is 435. The van der Waals surface area contributed by atoms with Crippen LogP contribution in [0.4, 0.5) is 0 Å². The molecule has 1 aromatic rings. The molecular weight excluding hydrogens is 261 g/mol. The highest BCUT2D eigenvalue weighted by Gasteiger charge is 2.35. The van der Waals surface area contributed by atoms with E-state index in [0.717, 1.165) is 18.7 Å². The quantitative estimate of drug-likeness (QED) is 0.669. The van der Waals surface area contributed by atoms with E-state index in [-0.39, 0.29) is 23.8 Å². The molecule has 5 heteroatoms. The van der Waals surface area contributed by atoms with Crippen molar-refractivity contribution in [3.8, 4) is 5.75 Å². The minimum Gasteiger partial charge on any atom is -0.497 e. The molecule has 104 valence electrons. The molecule has 0 bridgehead atoms. The van der Waals surface area contributed by atoms with Gasteiger partial charge >= 0.3 is 5.97 Å². The lowest BCUT2D eigenvalue weighted by Crippen LogP contribution is -2.37. The third-order valence-electron chi connectivity index (χ3n) is 3.35. The summed E-state index contributed by atoms with van der Waals surface area (Å²) in [5, 5.41) is 3.41. The normalized spacial score (nSPS) is 26.2. The van der Waals surface area contributed by atoms with Crippen molar-refractivity contribution in [1.82, 2.24) is 5.32 Å². The summed E-state index contributed by atoms with van der Waals surface area (Å²) < 4.78 is 10.5. The van der Waals surface area contributed by atoms with Gasteiger partial charge in [0.15, 0.2) is 0 Å². The average molecular weight is 281 g/mol. The third kappa shape index (κ3) is 3.68. The van der Waals surface area contributed by atoms with Crippen LogP contribution in [0, 0.1) is 0 Å². The lowest BCUT2D eigenvalue weighted by atomic mass is 10.0. The second-order valence-corrected chi connectivity index (χ2v) is 5.66. The van der Waals surface area contributed by atoms with Crippen LogP contribution >= 0.6 is 9.24 Å². The molecule has 4 atom stereocenters. The van der Waals surface area contributed by atoms with Gasteiger partial charge in [0.2, 0.25) is 0 Å². The maximum absolute atomic E-state index is 11.2. The molecule has 1 aliphatic rings. The zero-order valence-electron chi connectivity index (χ0n) is 11.3. The van der Waals surface area contributed by atoms with E-state index >= 15 is 0 Å². The van der Waals surface area contributed by atoms with E-state index < -0.39 is 0 Å². The Kier molecular flexibility index (Phi) is 4.78. The van der Waals surface area contributed by atoms with E-state index in [1.807, 2.05) is 24.3 Å². The van der Waals surface area contributed by atoms with Crippen LogP contribution in [0.25, 0.3) is 0 Å². The Morgan fingerprint density at radius 3 is 2.68 bits per heavy atom. The van der Waals surface area contributed by atoms with Gasteiger partial charge in [-0.25, -0.2) is 0 Å². The number of rotatable bonds is 4. The molecule has 0 radical (unpaired) electrons. The Morgan fingerprint density at radius 1 is 1.42 bits per heavy atom. The van der Waals surface area contributed by atoms with Crippen LogP contribution in [-0.2, 0) is 16.0 Å². The highest BCUT2D eigenvalue weighted by Crippen LogP contribution is 2.23. The smallest absolute Gasteiger partial charge is 0.302 e. The molecule has 1 aromatic carbocycles. The topological polar surface area (TPSA) is 47.6 Å². The average Bonchev–Trinajstić information content (AvgIpc) is 2.72. The Balaban J connectivity index is 2.02. The van der Waals surface area contributed by atoms with Crippen LogP contribution in [0.3, 0.4) is 0 Å². The molecule has 1 heterocycles. The van der Waals surface area contributed by atoms with Gasteiger partial charge in [-0.3, -0.25) is 4.79 Å². The van der Waals surface area contributed by atoms with Crippen LogP contribution < -0.4 is 10.1 Å². The Morgan fingerprint density at radius 2 is 2.11 bits per heavy atom. The molecule has 4 unspecified atom stereocenters. The predicted octanol–water partition coefficient (Wildman–Crippen LogP) is 1.38. The molecule has 1 saturated heterocycles. The minimum atomic E-state index is -0.221. The zero-order valence-corrected chi connectivity index (χ0v) is 12.4.